The summed E-state index contributed by atoms with van der Waals surface area (Å²) in [4.78, 5) is 2.03. The minimum atomic E-state index is 0.789. The van der Waals surface area contributed by atoms with Crippen molar-refractivity contribution in [2.75, 3.05) is 13.1 Å². The first-order chi connectivity index (χ1) is 5.26. The topological polar surface area (TPSA) is 3.24 Å². The van der Waals surface area contributed by atoms with Crippen molar-refractivity contribution in [1.82, 2.24) is 4.90 Å². The highest BCUT2D eigenvalue weighted by Gasteiger charge is 1.97. The van der Waals surface area contributed by atoms with Crippen LogP contribution in [0.1, 0.15) is 0 Å². The van der Waals surface area contributed by atoms with Gasteiger partial charge in [0.1, 0.15) is 0 Å². The predicted octanol–water partition coefficient (Wildman–Crippen LogP) is 2.36. The molecule has 0 amide bonds. The van der Waals surface area contributed by atoms with Crippen LogP contribution in [-0.2, 0) is 0 Å². The minimum absolute atomic E-state index is 0.789. The average molecular weight is 149 g/mol. The van der Waals surface area contributed by atoms with E-state index in [4.69, 9.17) is 0 Å². The molecule has 0 N–H and O–H groups in total. The molecule has 1 nitrogen and oxygen atoms in total. The maximum atomic E-state index is 3.82. The van der Waals surface area contributed by atoms with Crippen molar-refractivity contribution >= 4 is 0 Å². The maximum Gasteiger partial charge on any atom is 0.0360 e. The molecule has 0 aliphatic carbocycles. The van der Waals surface area contributed by atoms with Crippen molar-refractivity contribution in [3.8, 4) is 0 Å². The molecule has 1 heteroatoms. The van der Waals surface area contributed by atoms with Crippen LogP contribution in [0.2, 0.25) is 0 Å². The fraction of sp³-hybridized carbons (Fsp3) is 0.200. The van der Waals surface area contributed by atoms with Gasteiger partial charge in [0.15, 0.2) is 0 Å². The summed E-state index contributed by atoms with van der Waals surface area (Å²) < 4.78 is 0. The molecule has 0 unspecified atom stereocenters. The highest BCUT2D eigenvalue weighted by Crippen LogP contribution is 2.01. The zero-order valence-corrected chi connectivity index (χ0v) is 6.92. The summed E-state index contributed by atoms with van der Waals surface area (Å²) in [5.74, 6) is 0. The third kappa shape index (κ3) is 3.46. The van der Waals surface area contributed by atoms with E-state index in [0.717, 1.165) is 18.8 Å². The molecule has 0 aromatic carbocycles. The van der Waals surface area contributed by atoms with Crippen LogP contribution in [0, 0.1) is 0 Å². The summed E-state index contributed by atoms with van der Waals surface area (Å²) in [7, 11) is 0. The summed E-state index contributed by atoms with van der Waals surface area (Å²) >= 11 is 0. The third-order valence-corrected chi connectivity index (χ3v) is 1.34. The lowest BCUT2D eigenvalue weighted by molar-refractivity contribution is 0.437. The molecule has 0 aromatic heterocycles. The second-order valence-corrected chi connectivity index (χ2v) is 2.18. The van der Waals surface area contributed by atoms with Gasteiger partial charge in [-0.25, -0.2) is 0 Å². The molecule has 11 heavy (non-hydrogen) atoms. The maximum absolute atomic E-state index is 3.82. The molecule has 0 aliphatic rings. The highest BCUT2D eigenvalue weighted by atomic mass is 15.1. The average Bonchev–Trinajstić information content (AvgIpc) is 2.03. The lowest BCUT2D eigenvalue weighted by Crippen LogP contribution is -2.21. The standard InChI is InChI=1S/C10H15N/c1-5-8-11(9-6-2)10(4)7-3/h5-7H,1-4,8-9H2. The van der Waals surface area contributed by atoms with Crippen LogP contribution in [0.4, 0.5) is 0 Å². The van der Waals surface area contributed by atoms with Gasteiger partial charge >= 0.3 is 0 Å². The Morgan fingerprint density at radius 2 is 1.55 bits per heavy atom. The zero-order chi connectivity index (χ0) is 8.69. The second-order valence-electron chi connectivity index (χ2n) is 2.18. The van der Waals surface area contributed by atoms with Crippen LogP contribution >= 0.6 is 0 Å². The van der Waals surface area contributed by atoms with Crippen LogP contribution in [0.25, 0.3) is 0 Å². The van der Waals surface area contributed by atoms with E-state index in [-0.39, 0.29) is 0 Å². The molecule has 0 saturated carbocycles. The number of hydrogen-bond acceptors (Lipinski definition) is 1. The fourth-order valence-electron chi connectivity index (χ4n) is 0.750. The fourth-order valence-corrected chi connectivity index (χ4v) is 0.750. The first-order valence-corrected chi connectivity index (χ1v) is 3.54. The van der Waals surface area contributed by atoms with Crippen LogP contribution in [0.15, 0.2) is 50.2 Å². The van der Waals surface area contributed by atoms with Gasteiger partial charge in [-0.15, -0.1) is 13.2 Å². The van der Waals surface area contributed by atoms with Gasteiger partial charge in [0.05, 0.1) is 0 Å². The Hall–Kier alpha value is -1.24. The van der Waals surface area contributed by atoms with E-state index in [1.807, 2.05) is 17.1 Å². The summed E-state index contributed by atoms with van der Waals surface area (Å²) in [6.07, 6.45) is 5.39. The van der Waals surface area contributed by atoms with Gasteiger partial charge in [-0.3, -0.25) is 0 Å². The second kappa shape index (κ2) is 5.54. The van der Waals surface area contributed by atoms with Gasteiger partial charge in [-0.05, 0) is 6.08 Å². The van der Waals surface area contributed by atoms with Crippen molar-refractivity contribution in [3.05, 3.63) is 50.2 Å². The molecule has 0 aliphatic heterocycles. The predicted molar refractivity (Wildman–Crippen MR) is 51.3 cm³/mol. The number of allylic oxidation sites excluding steroid dienone is 1. The number of nitrogens with zero attached hydrogens (tertiary/aromatic N) is 1. The highest BCUT2D eigenvalue weighted by molar-refractivity contribution is 5.11. The molecular weight excluding hydrogens is 134 g/mol. The van der Waals surface area contributed by atoms with Crippen LogP contribution < -0.4 is 0 Å². The quantitative estimate of drug-likeness (QED) is 0.414. The molecule has 0 rings (SSSR count). The SMILES string of the molecule is C=CCN(CC=C)C(=C)C=C. The van der Waals surface area contributed by atoms with E-state index < -0.39 is 0 Å². The van der Waals surface area contributed by atoms with Gasteiger partial charge in [0.25, 0.3) is 0 Å². The number of rotatable bonds is 6. The molecule has 0 fully saturated rings. The normalized spacial score (nSPS) is 8.36. The number of hydrogen-bond donors (Lipinski definition) is 0. The minimum Gasteiger partial charge on any atom is -0.365 e. The molecule has 0 heterocycles. The van der Waals surface area contributed by atoms with E-state index in [9.17, 15) is 0 Å². The molecule has 0 saturated heterocycles. The first kappa shape index (κ1) is 9.76. The molecular formula is C10H15N. The van der Waals surface area contributed by atoms with E-state index in [2.05, 4.69) is 26.3 Å². The Balaban J connectivity index is 4.06. The first-order valence-electron chi connectivity index (χ1n) is 3.54. The lowest BCUT2D eigenvalue weighted by Gasteiger charge is -2.21. The largest absolute Gasteiger partial charge is 0.365 e. The van der Waals surface area contributed by atoms with Gasteiger partial charge in [0, 0.05) is 18.8 Å². The lowest BCUT2D eigenvalue weighted by atomic mass is 10.3. The third-order valence-electron chi connectivity index (χ3n) is 1.34. The smallest absolute Gasteiger partial charge is 0.0360 e. The summed E-state index contributed by atoms with van der Waals surface area (Å²) in [5.41, 5.74) is 0.907. The zero-order valence-electron chi connectivity index (χ0n) is 6.92. The molecule has 0 spiro atoms. The van der Waals surface area contributed by atoms with E-state index in [1.54, 1.807) is 6.08 Å². The Labute approximate surface area is 69.0 Å². The van der Waals surface area contributed by atoms with Gasteiger partial charge in [0.2, 0.25) is 0 Å². The molecule has 0 radical (unpaired) electrons. The Kier molecular flexibility index (Phi) is 4.91. The van der Waals surface area contributed by atoms with Crippen LogP contribution in [0.5, 0.6) is 0 Å². The summed E-state index contributed by atoms with van der Waals surface area (Å²) in [6, 6.07) is 0. The summed E-state index contributed by atoms with van der Waals surface area (Å²) in [6.45, 7) is 16.3. The monoisotopic (exact) mass is 149 g/mol. The van der Waals surface area contributed by atoms with Crippen molar-refractivity contribution in [2.45, 2.75) is 0 Å². The Morgan fingerprint density at radius 3 is 1.82 bits per heavy atom. The molecule has 60 valence electrons. The van der Waals surface area contributed by atoms with Crippen molar-refractivity contribution in [3.63, 3.8) is 0 Å². The van der Waals surface area contributed by atoms with Crippen LogP contribution in [0.3, 0.4) is 0 Å². The molecule has 0 bridgehead atoms. The summed E-state index contributed by atoms with van der Waals surface area (Å²) in [5, 5.41) is 0. The van der Waals surface area contributed by atoms with E-state index in [0.29, 0.717) is 0 Å². The van der Waals surface area contributed by atoms with E-state index >= 15 is 0 Å². The van der Waals surface area contributed by atoms with Crippen molar-refractivity contribution in [2.24, 2.45) is 0 Å². The van der Waals surface area contributed by atoms with Crippen LogP contribution in [-0.4, -0.2) is 18.0 Å². The van der Waals surface area contributed by atoms with Gasteiger partial charge in [-0.1, -0.05) is 25.3 Å². The molecule has 0 atom stereocenters. The Morgan fingerprint density at radius 1 is 1.09 bits per heavy atom. The Bertz CT molecular complexity index is 158. The van der Waals surface area contributed by atoms with Crippen molar-refractivity contribution < 1.29 is 0 Å². The van der Waals surface area contributed by atoms with Crippen molar-refractivity contribution in [1.29, 1.82) is 0 Å². The van der Waals surface area contributed by atoms with Gasteiger partial charge in [-0.2, -0.15) is 0 Å². The van der Waals surface area contributed by atoms with E-state index in [1.165, 1.54) is 0 Å². The van der Waals surface area contributed by atoms with Gasteiger partial charge < -0.3 is 4.90 Å². The molecule has 0 aromatic rings.